The van der Waals surface area contributed by atoms with Gasteiger partial charge in [0, 0.05) is 17.7 Å². The van der Waals surface area contributed by atoms with Gasteiger partial charge in [-0.2, -0.15) is 4.58 Å². The molecule has 4 rings (SSSR count). The van der Waals surface area contributed by atoms with Crippen molar-refractivity contribution in [2.75, 3.05) is 6.54 Å². The Labute approximate surface area is 181 Å². The lowest BCUT2D eigenvalue weighted by atomic mass is 9.78. The van der Waals surface area contributed by atoms with Gasteiger partial charge in [-0.1, -0.05) is 42.5 Å². The summed E-state index contributed by atoms with van der Waals surface area (Å²) in [7, 11) is -0.318. The van der Waals surface area contributed by atoms with E-state index in [0.29, 0.717) is 0 Å². The van der Waals surface area contributed by atoms with Crippen molar-refractivity contribution >= 4 is 30.1 Å². The highest BCUT2D eigenvalue weighted by Crippen LogP contribution is 2.40. The number of allylic oxidation sites excluding steroid dienone is 1. The van der Waals surface area contributed by atoms with Gasteiger partial charge in [-0.25, -0.2) is 0 Å². The highest BCUT2D eigenvalue weighted by molar-refractivity contribution is 6.62. The molecule has 0 saturated carbocycles. The van der Waals surface area contributed by atoms with Crippen LogP contribution in [0.25, 0.3) is 6.08 Å². The van der Waals surface area contributed by atoms with Gasteiger partial charge in [0.05, 0.1) is 16.6 Å². The number of benzene rings is 2. The van der Waals surface area contributed by atoms with E-state index in [0.717, 1.165) is 12.0 Å². The normalized spacial score (nSPS) is 21.5. The summed E-state index contributed by atoms with van der Waals surface area (Å²) in [5, 5.41) is 0. The van der Waals surface area contributed by atoms with Crippen molar-refractivity contribution in [3.8, 4) is 0 Å². The lowest BCUT2D eigenvalue weighted by Gasteiger charge is -2.32. The fourth-order valence-corrected chi connectivity index (χ4v) is 4.40. The molecular weight excluding hydrogens is 369 g/mol. The van der Waals surface area contributed by atoms with Gasteiger partial charge in [0.1, 0.15) is 6.54 Å². The van der Waals surface area contributed by atoms with Crippen LogP contribution in [0.4, 0.5) is 5.69 Å². The van der Waals surface area contributed by atoms with Crippen LogP contribution < -0.4 is 5.46 Å². The monoisotopic (exact) mass is 402 g/mol. The van der Waals surface area contributed by atoms with Gasteiger partial charge >= 0.3 is 7.12 Å². The van der Waals surface area contributed by atoms with Crippen LogP contribution in [0.1, 0.15) is 59.6 Å². The zero-order valence-electron chi connectivity index (χ0n) is 19.3. The molecular formula is C26H33BNO2+. The van der Waals surface area contributed by atoms with Crippen LogP contribution in [0.2, 0.25) is 0 Å². The van der Waals surface area contributed by atoms with Crippen LogP contribution in [0.15, 0.2) is 54.6 Å². The summed E-state index contributed by atoms with van der Waals surface area (Å²) in [5.74, 6) is 0. The fraction of sp³-hybridized carbons (Fsp3) is 0.423. The summed E-state index contributed by atoms with van der Waals surface area (Å²) in [6, 6.07) is 17.2. The van der Waals surface area contributed by atoms with Crippen LogP contribution in [0, 0.1) is 0 Å². The van der Waals surface area contributed by atoms with Crippen molar-refractivity contribution < 1.29 is 13.9 Å². The SMILES string of the molecule is CC[N+]1=C(/C=C/c2ccc(B3OC(C)(C)C(C)(C)O3)cc2)C(C)(C)c2ccccc21. The van der Waals surface area contributed by atoms with Gasteiger partial charge in [-0.15, -0.1) is 0 Å². The third-order valence-electron chi connectivity index (χ3n) is 7.01. The first-order valence-corrected chi connectivity index (χ1v) is 10.9. The molecule has 2 heterocycles. The minimum absolute atomic E-state index is 0.00820. The summed E-state index contributed by atoms with van der Waals surface area (Å²) in [5.41, 5.74) is 5.63. The topological polar surface area (TPSA) is 21.5 Å². The van der Waals surface area contributed by atoms with Gasteiger partial charge in [0.25, 0.3) is 0 Å². The fourth-order valence-electron chi connectivity index (χ4n) is 4.40. The molecule has 3 nitrogen and oxygen atoms in total. The molecule has 0 spiro atoms. The highest BCUT2D eigenvalue weighted by atomic mass is 16.7. The molecule has 156 valence electrons. The van der Waals surface area contributed by atoms with E-state index in [1.807, 2.05) is 0 Å². The Balaban J connectivity index is 1.57. The van der Waals surface area contributed by atoms with Crippen molar-refractivity contribution in [3.05, 3.63) is 65.7 Å². The highest BCUT2D eigenvalue weighted by Gasteiger charge is 2.51. The number of para-hydroxylation sites is 1. The van der Waals surface area contributed by atoms with E-state index in [9.17, 15) is 0 Å². The average Bonchev–Trinajstić information content (AvgIpc) is 3.05. The van der Waals surface area contributed by atoms with E-state index in [1.54, 1.807) is 0 Å². The summed E-state index contributed by atoms with van der Waals surface area (Å²) in [6.07, 6.45) is 4.48. The Morgan fingerprint density at radius 3 is 2.03 bits per heavy atom. The number of nitrogens with zero attached hydrogens (tertiary/aromatic N) is 1. The third kappa shape index (κ3) is 3.36. The van der Waals surface area contributed by atoms with Gasteiger partial charge in [0.15, 0.2) is 5.71 Å². The van der Waals surface area contributed by atoms with Gasteiger partial charge in [-0.3, -0.25) is 0 Å². The zero-order chi connectivity index (χ0) is 21.7. The quantitative estimate of drug-likeness (QED) is 0.525. The van der Waals surface area contributed by atoms with Crippen molar-refractivity contribution in [3.63, 3.8) is 0 Å². The van der Waals surface area contributed by atoms with E-state index < -0.39 is 0 Å². The maximum atomic E-state index is 6.17. The molecule has 0 amide bonds. The molecule has 0 unspecified atom stereocenters. The molecule has 0 N–H and O–H groups in total. The summed E-state index contributed by atoms with van der Waals surface area (Å²) in [4.78, 5) is 0. The van der Waals surface area contributed by atoms with Gasteiger partial charge in [-0.05, 0) is 65.6 Å². The van der Waals surface area contributed by atoms with Crippen LogP contribution in [0.5, 0.6) is 0 Å². The zero-order valence-corrected chi connectivity index (χ0v) is 19.3. The van der Waals surface area contributed by atoms with E-state index in [4.69, 9.17) is 9.31 Å². The number of hydrogen-bond acceptors (Lipinski definition) is 2. The van der Waals surface area contributed by atoms with E-state index in [1.165, 1.54) is 22.5 Å². The second kappa shape index (κ2) is 7.21. The Kier molecular flexibility index (Phi) is 5.07. The minimum atomic E-state index is -0.320. The molecule has 1 fully saturated rings. The summed E-state index contributed by atoms with van der Waals surface area (Å²) < 4.78 is 14.8. The Hall–Kier alpha value is -2.17. The van der Waals surface area contributed by atoms with Gasteiger partial charge < -0.3 is 9.31 Å². The molecule has 2 aromatic rings. The molecule has 2 aliphatic heterocycles. The van der Waals surface area contributed by atoms with Crippen LogP contribution >= 0.6 is 0 Å². The Bertz CT molecular complexity index is 1000. The van der Waals surface area contributed by atoms with Gasteiger partial charge in [0.2, 0.25) is 5.69 Å². The molecule has 2 aromatic carbocycles. The first-order chi connectivity index (χ1) is 14.1. The van der Waals surface area contributed by atoms with E-state index in [-0.39, 0.29) is 23.7 Å². The lowest BCUT2D eigenvalue weighted by molar-refractivity contribution is -0.433. The molecule has 30 heavy (non-hydrogen) atoms. The van der Waals surface area contributed by atoms with Crippen LogP contribution in [0.3, 0.4) is 0 Å². The molecule has 0 atom stereocenters. The largest absolute Gasteiger partial charge is 0.494 e. The average molecular weight is 402 g/mol. The first-order valence-electron chi connectivity index (χ1n) is 10.9. The van der Waals surface area contributed by atoms with E-state index in [2.05, 4.69) is 114 Å². The Morgan fingerprint density at radius 1 is 0.833 bits per heavy atom. The molecule has 0 bridgehead atoms. The second-order valence-electron chi connectivity index (χ2n) is 9.86. The second-order valence-corrected chi connectivity index (χ2v) is 9.86. The molecule has 1 saturated heterocycles. The van der Waals surface area contributed by atoms with Crippen molar-refractivity contribution in [2.24, 2.45) is 0 Å². The first kappa shape index (κ1) is 21.1. The van der Waals surface area contributed by atoms with Crippen molar-refractivity contribution in [1.29, 1.82) is 0 Å². The van der Waals surface area contributed by atoms with Crippen molar-refractivity contribution in [1.82, 2.24) is 0 Å². The van der Waals surface area contributed by atoms with E-state index >= 15 is 0 Å². The maximum absolute atomic E-state index is 6.17. The molecule has 0 aliphatic carbocycles. The predicted molar refractivity (Wildman–Crippen MR) is 126 cm³/mol. The number of rotatable bonds is 4. The molecule has 0 aromatic heterocycles. The molecule has 4 heteroatoms. The van der Waals surface area contributed by atoms with Crippen LogP contribution in [-0.2, 0) is 14.7 Å². The molecule has 0 radical (unpaired) electrons. The predicted octanol–water partition coefficient (Wildman–Crippen LogP) is 5.10. The summed E-state index contributed by atoms with van der Waals surface area (Å²) >= 11 is 0. The number of fused-ring (bicyclic) bond motifs is 1. The lowest BCUT2D eigenvalue weighted by Crippen LogP contribution is -2.41. The smallest absolute Gasteiger partial charge is 0.399 e. The molecule has 2 aliphatic rings. The number of hydrogen-bond donors (Lipinski definition) is 0. The van der Waals surface area contributed by atoms with Crippen LogP contribution in [-0.4, -0.2) is 35.2 Å². The van der Waals surface area contributed by atoms with Crippen molar-refractivity contribution in [2.45, 2.75) is 65.1 Å². The Morgan fingerprint density at radius 2 is 1.43 bits per heavy atom. The minimum Gasteiger partial charge on any atom is -0.399 e. The maximum Gasteiger partial charge on any atom is 0.494 e. The summed E-state index contributed by atoms with van der Waals surface area (Å²) in [6.45, 7) is 16.1. The standard InChI is InChI=1S/C26H33BNO2/c1-8-28-22-12-10-9-11-21(22)24(2,3)23(28)18-15-19-13-16-20(17-14-19)27-29-25(4,5)26(6,7)30-27/h9-18H,8H2,1-7H3/q+1/b18-15+. The third-order valence-corrected chi connectivity index (χ3v) is 7.01.